The lowest BCUT2D eigenvalue weighted by Gasteiger charge is -2.17. The molecule has 1 aliphatic heterocycles. The number of hydrogen-bond donors (Lipinski definition) is 1. The van der Waals surface area contributed by atoms with E-state index in [0.717, 1.165) is 13.1 Å². The summed E-state index contributed by atoms with van der Waals surface area (Å²) in [5.41, 5.74) is 2.66. The normalized spacial score (nSPS) is 22.9. The Morgan fingerprint density at radius 1 is 1.35 bits per heavy atom. The molecule has 1 aromatic rings. The minimum atomic E-state index is -0.422. The van der Waals surface area contributed by atoms with Crippen molar-refractivity contribution in [3.63, 3.8) is 0 Å². The summed E-state index contributed by atoms with van der Waals surface area (Å²) in [6, 6.07) is 8.42. The predicted molar refractivity (Wildman–Crippen MR) is 67.8 cm³/mol. The fraction of sp³-hybridized carbons (Fsp3) is 0.571. The summed E-state index contributed by atoms with van der Waals surface area (Å²) in [4.78, 5) is 0. The summed E-state index contributed by atoms with van der Waals surface area (Å²) in [5, 5.41) is 3.42. The Kier molecular flexibility index (Phi) is 3.82. The Morgan fingerprint density at radius 2 is 2.12 bits per heavy atom. The molecule has 3 heteroatoms. The molecular weight excluding hydrogens is 214 g/mol. The van der Waals surface area contributed by atoms with Crippen LogP contribution in [0.15, 0.2) is 24.3 Å². The summed E-state index contributed by atoms with van der Waals surface area (Å²) < 4.78 is 11.2. The smallest absolute Gasteiger partial charge is 0.163 e. The zero-order valence-electron chi connectivity index (χ0n) is 10.8. The maximum absolute atomic E-state index is 5.73. The highest BCUT2D eigenvalue weighted by Crippen LogP contribution is 2.21. The van der Waals surface area contributed by atoms with Crippen LogP contribution in [0.2, 0.25) is 0 Å². The fourth-order valence-corrected chi connectivity index (χ4v) is 2.04. The van der Waals surface area contributed by atoms with Gasteiger partial charge in [-0.05, 0) is 31.9 Å². The highest BCUT2D eigenvalue weighted by atomic mass is 16.7. The minimum absolute atomic E-state index is 0.161. The van der Waals surface area contributed by atoms with Crippen molar-refractivity contribution in [3.8, 4) is 0 Å². The third kappa shape index (κ3) is 3.53. The van der Waals surface area contributed by atoms with Crippen LogP contribution < -0.4 is 5.32 Å². The Bertz CT molecular complexity index is 376. The van der Waals surface area contributed by atoms with Gasteiger partial charge in [-0.1, -0.05) is 24.3 Å². The Balaban J connectivity index is 1.76. The molecule has 0 bridgehead atoms. The monoisotopic (exact) mass is 235 g/mol. The molecule has 0 radical (unpaired) electrons. The van der Waals surface area contributed by atoms with Gasteiger partial charge in [0.1, 0.15) is 0 Å². The zero-order chi connectivity index (χ0) is 12.3. The summed E-state index contributed by atoms with van der Waals surface area (Å²) in [6.07, 6.45) is 0.161. The van der Waals surface area contributed by atoms with Gasteiger partial charge in [0.15, 0.2) is 5.79 Å². The van der Waals surface area contributed by atoms with Crippen molar-refractivity contribution in [1.82, 2.24) is 5.32 Å². The molecule has 1 heterocycles. The van der Waals surface area contributed by atoms with Gasteiger partial charge in [0.05, 0.1) is 12.7 Å². The van der Waals surface area contributed by atoms with Gasteiger partial charge >= 0.3 is 0 Å². The van der Waals surface area contributed by atoms with Crippen LogP contribution in [0.1, 0.15) is 25.0 Å². The maximum atomic E-state index is 5.73. The second-order valence-electron chi connectivity index (χ2n) is 5.01. The van der Waals surface area contributed by atoms with Crippen LogP contribution in [0.4, 0.5) is 0 Å². The minimum Gasteiger partial charge on any atom is -0.348 e. The van der Waals surface area contributed by atoms with Crippen LogP contribution in [-0.4, -0.2) is 25.0 Å². The van der Waals surface area contributed by atoms with E-state index in [0.29, 0.717) is 6.61 Å². The molecule has 1 fully saturated rings. The molecule has 1 saturated heterocycles. The molecule has 0 amide bonds. The molecule has 1 atom stereocenters. The van der Waals surface area contributed by atoms with Gasteiger partial charge in [-0.3, -0.25) is 0 Å². The third-order valence-corrected chi connectivity index (χ3v) is 3.02. The molecule has 1 aromatic carbocycles. The molecular formula is C14H21NO2. The van der Waals surface area contributed by atoms with E-state index < -0.39 is 5.79 Å². The fourth-order valence-electron chi connectivity index (χ4n) is 2.04. The van der Waals surface area contributed by atoms with Gasteiger partial charge in [0, 0.05) is 13.1 Å². The van der Waals surface area contributed by atoms with Crippen molar-refractivity contribution < 1.29 is 9.47 Å². The molecule has 1 N–H and O–H groups in total. The lowest BCUT2D eigenvalue weighted by molar-refractivity contribution is -0.137. The van der Waals surface area contributed by atoms with Gasteiger partial charge in [-0.25, -0.2) is 0 Å². The Morgan fingerprint density at radius 3 is 2.76 bits per heavy atom. The van der Waals surface area contributed by atoms with Crippen LogP contribution in [-0.2, 0) is 16.0 Å². The van der Waals surface area contributed by atoms with E-state index >= 15 is 0 Å². The SMILES string of the molecule is Cc1ccccc1CNCC1COC(C)(C)O1. The zero-order valence-corrected chi connectivity index (χ0v) is 10.8. The molecule has 0 aliphatic carbocycles. The number of benzene rings is 1. The number of ether oxygens (including phenoxy) is 2. The molecule has 0 spiro atoms. The molecule has 0 aromatic heterocycles. The first-order chi connectivity index (χ1) is 8.07. The predicted octanol–water partition coefficient (Wildman–Crippen LogP) is 2.24. The van der Waals surface area contributed by atoms with Gasteiger partial charge in [-0.2, -0.15) is 0 Å². The summed E-state index contributed by atoms with van der Waals surface area (Å²) >= 11 is 0. The van der Waals surface area contributed by atoms with E-state index in [-0.39, 0.29) is 6.10 Å². The lowest BCUT2D eigenvalue weighted by atomic mass is 10.1. The van der Waals surface area contributed by atoms with Crippen molar-refractivity contribution in [1.29, 1.82) is 0 Å². The van der Waals surface area contributed by atoms with Crippen molar-refractivity contribution in [2.75, 3.05) is 13.2 Å². The first-order valence-corrected chi connectivity index (χ1v) is 6.14. The summed E-state index contributed by atoms with van der Waals surface area (Å²) in [5.74, 6) is -0.422. The largest absolute Gasteiger partial charge is 0.348 e. The van der Waals surface area contributed by atoms with Crippen LogP contribution in [0.5, 0.6) is 0 Å². The van der Waals surface area contributed by atoms with Crippen LogP contribution >= 0.6 is 0 Å². The Hall–Kier alpha value is -0.900. The summed E-state index contributed by atoms with van der Waals surface area (Å²) in [7, 11) is 0. The highest BCUT2D eigenvalue weighted by molar-refractivity contribution is 5.25. The molecule has 2 rings (SSSR count). The van der Waals surface area contributed by atoms with Crippen molar-refractivity contribution in [3.05, 3.63) is 35.4 Å². The quantitative estimate of drug-likeness (QED) is 0.868. The first-order valence-electron chi connectivity index (χ1n) is 6.14. The number of aryl methyl sites for hydroxylation is 1. The van der Waals surface area contributed by atoms with Crippen molar-refractivity contribution >= 4 is 0 Å². The van der Waals surface area contributed by atoms with Crippen LogP contribution in [0, 0.1) is 6.92 Å². The number of rotatable bonds is 4. The van der Waals surface area contributed by atoms with E-state index in [4.69, 9.17) is 9.47 Å². The number of nitrogens with one attached hydrogen (secondary N) is 1. The second-order valence-corrected chi connectivity index (χ2v) is 5.01. The van der Waals surface area contributed by atoms with E-state index in [1.807, 2.05) is 13.8 Å². The van der Waals surface area contributed by atoms with E-state index in [1.54, 1.807) is 0 Å². The van der Waals surface area contributed by atoms with Gasteiger partial charge in [0.2, 0.25) is 0 Å². The average Bonchev–Trinajstić information content (AvgIpc) is 2.61. The van der Waals surface area contributed by atoms with E-state index in [9.17, 15) is 0 Å². The maximum Gasteiger partial charge on any atom is 0.163 e. The molecule has 94 valence electrons. The molecule has 1 unspecified atom stereocenters. The summed E-state index contributed by atoms with van der Waals surface area (Å²) in [6.45, 7) is 8.43. The van der Waals surface area contributed by atoms with Crippen LogP contribution in [0.25, 0.3) is 0 Å². The number of hydrogen-bond acceptors (Lipinski definition) is 3. The Labute approximate surface area is 103 Å². The van der Waals surface area contributed by atoms with Crippen molar-refractivity contribution in [2.24, 2.45) is 0 Å². The van der Waals surface area contributed by atoms with Crippen LogP contribution in [0.3, 0.4) is 0 Å². The molecule has 3 nitrogen and oxygen atoms in total. The third-order valence-electron chi connectivity index (χ3n) is 3.02. The lowest BCUT2D eigenvalue weighted by Crippen LogP contribution is -2.30. The van der Waals surface area contributed by atoms with Gasteiger partial charge in [-0.15, -0.1) is 0 Å². The van der Waals surface area contributed by atoms with E-state index in [1.165, 1.54) is 11.1 Å². The second kappa shape index (κ2) is 5.17. The molecule has 17 heavy (non-hydrogen) atoms. The first kappa shape index (κ1) is 12.6. The standard InChI is InChI=1S/C14H21NO2/c1-11-6-4-5-7-12(11)8-15-9-13-10-16-14(2,3)17-13/h4-7,13,15H,8-10H2,1-3H3. The topological polar surface area (TPSA) is 30.5 Å². The molecule has 0 saturated carbocycles. The highest BCUT2D eigenvalue weighted by Gasteiger charge is 2.32. The van der Waals surface area contributed by atoms with Gasteiger partial charge < -0.3 is 14.8 Å². The van der Waals surface area contributed by atoms with Gasteiger partial charge in [0.25, 0.3) is 0 Å². The van der Waals surface area contributed by atoms with Crippen molar-refractivity contribution in [2.45, 2.75) is 39.2 Å². The average molecular weight is 235 g/mol. The van der Waals surface area contributed by atoms with E-state index in [2.05, 4.69) is 36.5 Å². The molecule has 1 aliphatic rings.